The first-order valence-electron chi connectivity index (χ1n) is 14.4. The van der Waals surface area contributed by atoms with E-state index in [0.717, 1.165) is 75.5 Å². The van der Waals surface area contributed by atoms with Gasteiger partial charge in [-0.25, -0.2) is 0 Å². The summed E-state index contributed by atoms with van der Waals surface area (Å²) >= 11 is 0. The highest BCUT2D eigenvalue weighted by molar-refractivity contribution is 5.94. The molecule has 3 aliphatic rings. The molecular weight excluding hydrogens is 538 g/mol. The van der Waals surface area contributed by atoms with Gasteiger partial charge in [0.15, 0.2) is 11.5 Å². The molecule has 0 saturated heterocycles. The molecule has 6 rings (SSSR count). The number of benzene rings is 3. The summed E-state index contributed by atoms with van der Waals surface area (Å²) in [6, 6.07) is 7.45. The largest absolute Gasteiger partial charge is 0.502 e. The SMILES string of the molecule is CCNCOc1cc(OC)c2c3c1[C@H](CNC)Nc1cc4c(c(c1-3)CC2)[C@@H](O)[C@H](c1cc(OC)c(O)c(OC)c1)CO4. The lowest BCUT2D eigenvalue weighted by molar-refractivity contribution is 0.0878. The topological polar surface area (TPSA) is 123 Å². The summed E-state index contributed by atoms with van der Waals surface area (Å²) in [4.78, 5) is 0. The van der Waals surface area contributed by atoms with Crippen LogP contribution in [-0.2, 0) is 12.8 Å². The zero-order valence-corrected chi connectivity index (χ0v) is 24.7. The van der Waals surface area contributed by atoms with Crippen molar-refractivity contribution in [2.75, 3.05) is 60.1 Å². The van der Waals surface area contributed by atoms with Crippen LogP contribution in [0.25, 0.3) is 11.1 Å². The van der Waals surface area contributed by atoms with E-state index in [0.29, 0.717) is 19.0 Å². The lowest BCUT2D eigenvalue weighted by Crippen LogP contribution is -2.32. The van der Waals surface area contributed by atoms with Crippen molar-refractivity contribution in [2.24, 2.45) is 0 Å². The molecule has 5 N–H and O–H groups in total. The highest BCUT2D eigenvalue weighted by atomic mass is 16.5. The van der Waals surface area contributed by atoms with Crippen LogP contribution in [0.4, 0.5) is 5.69 Å². The van der Waals surface area contributed by atoms with Gasteiger partial charge < -0.3 is 44.5 Å². The molecule has 0 aromatic heterocycles. The number of likely N-dealkylation sites (N-methyl/N-ethyl adjacent to an activating group) is 1. The van der Waals surface area contributed by atoms with Gasteiger partial charge in [-0.3, -0.25) is 5.32 Å². The summed E-state index contributed by atoms with van der Waals surface area (Å²) < 4.78 is 29.3. The summed E-state index contributed by atoms with van der Waals surface area (Å²) in [6.07, 6.45) is 0.634. The molecule has 0 saturated carbocycles. The number of aromatic hydroxyl groups is 1. The summed E-state index contributed by atoms with van der Waals surface area (Å²) in [6.45, 7) is 4.19. The van der Waals surface area contributed by atoms with Crippen LogP contribution in [0.5, 0.6) is 34.5 Å². The molecular formula is C32H39N3O7. The van der Waals surface area contributed by atoms with Crippen LogP contribution in [0.1, 0.15) is 52.8 Å². The third kappa shape index (κ3) is 4.45. The first kappa shape index (κ1) is 28.3. The third-order valence-corrected chi connectivity index (χ3v) is 8.62. The average molecular weight is 578 g/mol. The van der Waals surface area contributed by atoms with Gasteiger partial charge in [0, 0.05) is 52.5 Å². The van der Waals surface area contributed by atoms with Crippen molar-refractivity contribution in [1.82, 2.24) is 10.6 Å². The Bertz CT molecular complexity index is 1480. The van der Waals surface area contributed by atoms with Crippen molar-refractivity contribution >= 4 is 5.69 Å². The van der Waals surface area contributed by atoms with E-state index in [2.05, 4.69) is 16.0 Å². The van der Waals surface area contributed by atoms with E-state index >= 15 is 0 Å². The zero-order valence-electron chi connectivity index (χ0n) is 24.7. The van der Waals surface area contributed by atoms with Gasteiger partial charge in [0.2, 0.25) is 5.75 Å². The Morgan fingerprint density at radius 2 is 1.64 bits per heavy atom. The number of hydrogen-bond acceptors (Lipinski definition) is 10. The molecule has 3 aromatic rings. The van der Waals surface area contributed by atoms with E-state index in [9.17, 15) is 10.2 Å². The molecule has 10 nitrogen and oxygen atoms in total. The maximum atomic E-state index is 12.0. The summed E-state index contributed by atoms with van der Waals surface area (Å²) in [5, 5.41) is 32.8. The van der Waals surface area contributed by atoms with Gasteiger partial charge >= 0.3 is 0 Å². The van der Waals surface area contributed by atoms with Crippen molar-refractivity contribution in [3.63, 3.8) is 0 Å². The minimum absolute atomic E-state index is 0.0408. The molecule has 3 atom stereocenters. The Balaban J connectivity index is 1.52. The molecule has 3 aromatic carbocycles. The fourth-order valence-corrected chi connectivity index (χ4v) is 6.68. The Kier molecular flexibility index (Phi) is 7.69. The second-order valence-corrected chi connectivity index (χ2v) is 10.8. The molecule has 2 heterocycles. The number of aliphatic hydroxyl groups excluding tert-OH is 1. The number of ether oxygens (including phenoxy) is 5. The average Bonchev–Trinajstić information content (AvgIpc) is 3.00. The Labute approximate surface area is 245 Å². The molecule has 10 heteroatoms. The second kappa shape index (κ2) is 11.4. The van der Waals surface area contributed by atoms with Gasteiger partial charge in [0.1, 0.15) is 24.0 Å². The second-order valence-electron chi connectivity index (χ2n) is 10.8. The number of methoxy groups -OCH3 is 3. The molecule has 0 bridgehead atoms. The zero-order chi connectivity index (χ0) is 29.5. The molecule has 0 unspecified atom stereocenters. The monoisotopic (exact) mass is 577 g/mol. The molecule has 224 valence electrons. The van der Waals surface area contributed by atoms with Crippen LogP contribution in [-0.4, -0.2) is 65.0 Å². The van der Waals surface area contributed by atoms with Gasteiger partial charge in [0.25, 0.3) is 0 Å². The molecule has 0 fully saturated rings. The molecule has 42 heavy (non-hydrogen) atoms. The normalized spacial score (nSPS) is 19.6. The van der Waals surface area contributed by atoms with E-state index in [-0.39, 0.29) is 29.9 Å². The maximum Gasteiger partial charge on any atom is 0.200 e. The summed E-state index contributed by atoms with van der Waals surface area (Å²) in [5.74, 6) is 2.35. The van der Waals surface area contributed by atoms with Crippen molar-refractivity contribution in [2.45, 2.75) is 37.8 Å². The lowest BCUT2D eigenvalue weighted by atomic mass is 9.73. The van der Waals surface area contributed by atoms with Crippen LogP contribution < -0.4 is 39.6 Å². The Hall–Kier alpha value is -3.86. The molecule has 0 radical (unpaired) electrons. The van der Waals surface area contributed by atoms with Gasteiger partial charge in [-0.05, 0) is 55.3 Å². The molecule has 0 spiro atoms. The van der Waals surface area contributed by atoms with E-state index in [1.54, 1.807) is 19.2 Å². The third-order valence-electron chi connectivity index (χ3n) is 8.62. The molecule has 0 amide bonds. The van der Waals surface area contributed by atoms with Gasteiger partial charge in [-0.15, -0.1) is 0 Å². The minimum atomic E-state index is -0.844. The predicted molar refractivity (Wildman–Crippen MR) is 160 cm³/mol. The maximum absolute atomic E-state index is 12.0. The highest BCUT2D eigenvalue weighted by Gasteiger charge is 2.41. The smallest absolute Gasteiger partial charge is 0.200 e. The standard InChI is InChI=1S/C32H39N3O7/c1-6-34-15-42-24-12-22(38-3)17-7-8-18-27-20(35-21(13-33-2)30(24)29(17)27)11-23-28(18)31(36)19(14-41-23)16-9-25(39-4)32(37)26(10-16)40-5/h9-12,19,21,31,33-37H,6-8,13-15H2,1-5H3/t19-,21-,31-/m0/s1. The fourth-order valence-electron chi connectivity index (χ4n) is 6.68. The Morgan fingerprint density at radius 3 is 2.31 bits per heavy atom. The number of aliphatic hydroxyl groups is 1. The minimum Gasteiger partial charge on any atom is -0.502 e. The first-order chi connectivity index (χ1) is 20.4. The first-order valence-corrected chi connectivity index (χ1v) is 14.4. The van der Waals surface area contributed by atoms with E-state index in [4.69, 9.17) is 23.7 Å². The van der Waals surface area contributed by atoms with Crippen LogP contribution in [0.2, 0.25) is 0 Å². The van der Waals surface area contributed by atoms with Crippen LogP contribution >= 0.6 is 0 Å². The number of nitrogens with one attached hydrogen (secondary N) is 3. The number of phenols is 1. The Morgan fingerprint density at radius 1 is 0.929 bits per heavy atom. The number of anilines is 1. The highest BCUT2D eigenvalue weighted by Crippen LogP contribution is 2.57. The number of phenolic OH excluding ortho intramolecular Hbond substituents is 1. The summed E-state index contributed by atoms with van der Waals surface area (Å²) in [5.41, 5.74) is 8.00. The van der Waals surface area contributed by atoms with E-state index in [1.165, 1.54) is 14.2 Å². The van der Waals surface area contributed by atoms with E-state index < -0.39 is 12.0 Å². The lowest BCUT2D eigenvalue weighted by Gasteiger charge is -2.40. The van der Waals surface area contributed by atoms with Crippen LogP contribution in [0, 0.1) is 0 Å². The van der Waals surface area contributed by atoms with Gasteiger partial charge in [0.05, 0.1) is 40.1 Å². The van der Waals surface area contributed by atoms with E-state index in [1.807, 2.05) is 26.1 Å². The van der Waals surface area contributed by atoms with Crippen molar-refractivity contribution < 1.29 is 33.9 Å². The molecule has 1 aliphatic carbocycles. The number of fused-ring (bicyclic) bond motifs is 2. The summed E-state index contributed by atoms with van der Waals surface area (Å²) in [7, 11) is 6.62. The quantitative estimate of drug-likeness (QED) is 0.178. The number of hydrogen-bond donors (Lipinski definition) is 5. The molecule has 2 aliphatic heterocycles. The number of rotatable bonds is 10. The van der Waals surface area contributed by atoms with Gasteiger partial charge in [-0.2, -0.15) is 0 Å². The predicted octanol–water partition coefficient (Wildman–Crippen LogP) is 4.03. The van der Waals surface area contributed by atoms with Gasteiger partial charge in [-0.1, -0.05) is 6.92 Å². The van der Waals surface area contributed by atoms with Crippen molar-refractivity contribution in [3.05, 3.63) is 52.1 Å². The van der Waals surface area contributed by atoms with Crippen LogP contribution in [0.15, 0.2) is 24.3 Å². The van der Waals surface area contributed by atoms with Crippen molar-refractivity contribution in [1.29, 1.82) is 0 Å². The fraction of sp³-hybridized carbons (Fsp3) is 0.438. The van der Waals surface area contributed by atoms with Crippen molar-refractivity contribution in [3.8, 4) is 45.6 Å². The van der Waals surface area contributed by atoms with Crippen LogP contribution in [0.3, 0.4) is 0 Å².